The Balaban J connectivity index is 1.65. The molecule has 1 aliphatic rings. The number of rotatable bonds is 5. The summed E-state index contributed by atoms with van der Waals surface area (Å²) in [5.41, 5.74) is 0.890. The van der Waals surface area contributed by atoms with E-state index in [0.29, 0.717) is 17.8 Å². The minimum atomic E-state index is -0.719. The van der Waals surface area contributed by atoms with Crippen LogP contribution in [0.4, 0.5) is 20.2 Å². The predicted molar refractivity (Wildman–Crippen MR) is 85.2 cm³/mol. The van der Waals surface area contributed by atoms with Gasteiger partial charge in [0.2, 0.25) is 0 Å². The van der Waals surface area contributed by atoms with Crippen molar-refractivity contribution in [3.8, 4) is 0 Å². The summed E-state index contributed by atoms with van der Waals surface area (Å²) in [7, 11) is 0. The number of aromatic nitrogens is 1. The van der Waals surface area contributed by atoms with Gasteiger partial charge >= 0.3 is 0 Å². The molecule has 126 valence electrons. The summed E-state index contributed by atoms with van der Waals surface area (Å²) in [4.78, 5) is 16.1. The van der Waals surface area contributed by atoms with Crippen LogP contribution in [0.15, 0.2) is 36.7 Å². The molecule has 7 heteroatoms. The second kappa shape index (κ2) is 7.35. The maximum Gasteiger partial charge on any atom is 0.253 e. The molecular weight excluding hydrogens is 316 g/mol. The Kier molecular flexibility index (Phi) is 5.00. The average molecular weight is 333 g/mol. The molecule has 1 unspecified atom stereocenters. The SMILES string of the molecule is O=C(NCC1CCCO1)c1cncc(Nc2ccc(F)cc2F)c1. The Morgan fingerprint density at radius 2 is 2.17 bits per heavy atom. The number of benzene rings is 1. The molecule has 2 N–H and O–H groups in total. The maximum atomic E-state index is 13.7. The van der Waals surface area contributed by atoms with Gasteiger partial charge in [-0.1, -0.05) is 0 Å². The van der Waals surface area contributed by atoms with E-state index in [0.717, 1.165) is 31.6 Å². The van der Waals surface area contributed by atoms with Crippen molar-refractivity contribution in [2.24, 2.45) is 0 Å². The van der Waals surface area contributed by atoms with Crippen LogP contribution in [0, 0.1) is 11.6 Å². The van der Waals surface area contributed by atoms with Crippen LogP contribution in [0.3, 0.4) is 0 Å². The lowest BCUT2D eigenvalue weighted by Crippen LogP contribution is -2.31. The van der Waals surface area contributed by atoms with Crippen molar-refractivity contribution in [2.45, 2.75) is 18.9 Å². The van der Waals surface area contributed by atoms with E-state index in [1.165, 1.54) is 18.5 Å². The highest BCUT2D eigenvalue weighted by molar-refractivity contribution is 5.94. The summed E-state index contributed by atoms with van der Waals surface area (Å²) in [6.07, 6.45) is 4.88. The van der Waals surface area contributed by atoms with E-state index in [9.17, 15) is 13.6 Å². The fourth-order valence-corrected chi connectivity index (χ4v) is 2.49. The molecule has 0 radical (unpaired) electrons. The number of hydrogen-bond acceptors (Lipinski definition) is 4. The Morgan fingerprint density at radius 3 is 2.92 bits per heavy atom. The molecule has 1 atom stereocenters. The number of nitrogens with zero attached hydrogens (tertiary/aromatic N) is 1. The van der Waals surface area contributed by atoms with Gasteiger partial charge in [0.1, 0.15) is 11.6 Å². The first kappa shape index (κ1) is 16.3. The lowest BCUT2D eigenvalue weighted by atomic mass is 10.2. The molecule has 0 saturated carbocycles. The summed E-state index contributed by atoms with van der Waals surface area (Å²) in [6.45, 7) is 1.17. The molecule has 2 aromatic rings. The van der Waals surface area contributed by atoms with Gasteiger partial charge in [0.25, 0.3) is 5.91 Å². The van der Waals surface area contributed by atoms with Gasteiger partial charge in [-0.3, -0.25) is 9.78 Å². The zero-order valence-corrected chi connectivity index (χ0v) is 12.9. The smallest absolute Gasteiger partial charge is 0.253 e. The topological polar surface area (TPSA) is 63.2 Å². The van der Waals surface area contributed by atoms with E-state index in [4.69, 9.17) is 4.74 Å². The number of carbonyl (C=O) groups is 1. The normalized spacial score (nSPS) is 16.8. The molecule has 1 aromatic carbocycles. The molecule has 1 saturated heterocycles. The van der Waals surface area contributed by atoms with Gasteiger partial charge in [-0.2, -0.15) is 0 Å². The number of nitrogens with one attached hydrogen (secondary N) is 2. The van der Waals surface area contributed by atoms with Crippen molar-refractivity contribution in [1.29, 1.82) is 0 Å². The summed E-state index contributed by atoms with van der Waals surface area (Å²) in [5.74, 6) is -1.65. The monoisotopic (exact) mass is 333 g/mol. The number of pyridine rings is 1. The molecular formula is C17H17F2N3O2. The van der Waals surface area contributed by atoms with E-state index in [1.54, 1.807) is 6.07 Å². The molecule has 2 heterocycles. The number of halogens is 2. The van der Waals surface area contributed by atoms with Crippen molar-refractivity contribution < 1.29 is 18.3 Å². The first-order valence-electron chi connectivity index (χ1n) is 7.69. The molecule has 1 aliphatic heterocycles. The average Bonchev–Trinajstić information content (AvgIpc) is 3.09. The number of amides is 1. The molecule has 0 spiro atoms. The minimum absolute atomic E-state index is 0.0523. The molecule has 1 aromatic heterocycles. The summed E-state index contributed by atoms with van der Waals surface area (Å²) >= 11 is 0. The van der Waals surface area contributed by atoms with E-state index in [2.05, 4.69) is 15.6 Å². The summed E-state index contributed by atoms with van der Waals surface area (Å²) in [6, 6.07) is 4.78. The predicted octanol–water partition coefficient (Wildman–Crippen LogP) is 3.01. The minimum Gasteiger partial charge on any atom is -0.376 e. The first-order chi connectivity index (χ1) is 11.6. The number of ether oxygens (including phenoxy) is 1. The first-order valence-corrected chi connectivity index (χ1v) is 7.69. The van der Waals surface area contributed by atoms with Crippen LogP contribution in [-0.2, 0) is 4.74 Å². The van der Waals surface area contributed by atoms with Gasteiger partial charge in [0.15, 0.2) is 0 Å². The molecule has 0 bridgehead atoms. The van der Waals surface area contributed by atoms with Gasteiger partial charge in [-0.15, -0.1) is 0 Å². The molecule has 3 rings (SSSR count). The Hall–Kier alpha value is -2.54. The highest BCUT2D eigenvalue weighted by Gasteiger charge is 2.17. The van der Waals surface area contributed by atoms with Crippen molar-refractivity contribution in [3.05, 3.63) is 53.9 Å². The number of carbonyl (C=O) groups excluding carboxylic acids is 1. The largest absolute Gasteiger partial charge is 0.376 e. The molecule has 1 amide bonds. The van der Waals surface area contributed by atoms with Gasteiger partial charge in [0, 0.05) is 25.4 Å². The van der Waals surface area contributed by atoms with Crippen molar-refractivity contribution in [1.82, 2.24) is 10.3 Å². The summed E-state index contributed by atoms with van der Waals surface area (Å²) < 4.78 is 32.0. The second-order valence-corrected chi connectivity index (χ2v) is 5.56. The van der Waals surface area contributed by atoms with Crippen LogP contribution in [0.2, 0.25) is 0 Å². The van der Waals surface area contributed by atoms with E-state index < -0.39 is 11.6 Å². The molecule has 24 heavy (non-hydrogen) atoms. The van der Waals surface area contributed by atoms with Crippen molar-refractivity contribution >= 4 is 17.3 Å². The van der Waals surface area contributed by atoms with Gasteiger partial charge in [0.05, 0.1) is 29.2 Å². The second-order valence-electron chi connectivity index (χ2n) is 5.56. The Bertz CT molecular complexity index is 734. The van der Waals surface area contributed by atoms with E-state index in [1.807, 2.05) is 0 Å². The highest BCUT2D eigenvalue weighted by Crippen LogP contribution is 2.21. The third-order valence-corrected chi connectivity index (χ3v) is 3.72. The Morgan fingerprint density at radius 1 is 1.29 bits per heavy atom. The third kappa shape index (κ3) is 4.05. The van der Waals surface area contributed by atoms with Crippen LogP contribution in [0.1, 0.15) is 23.2 Å². The maximum absolute atomic E-state index is 13.7. The van der Waals surface area contributed by atoms with Crippen LogP contribution < -0.4 is 10.6 Å². The van der Waals surface area contributed by atoms with Gasteiger partial charge in [-0.05, 0) is 31.0 Å². The molecule has 1 fully saturated rings. The van der Waals surface area contributed by atoms with E-state index >= 15 is 0 Å². The number of anilines is 2. The van der Waals surface area contributed by atoms with Crippen LogP contribution in [0.5, 0.6) is 0 Å². The van der Waals surface area contributed by atoms with Gasteiger partial charge < -0.3 is 15.4 Å². The van der Waals surface area contributed by atoms with Crippen molar-refractivity contribution in [2.75, 3.05) is 18.5 Å². The van der Waals surface area contributed by atoms with E-state index in [-0.39, 0.29) is 17.7 Å². The zero-order valence-electron chi connectivity index (χ0n) is 12.9. The molecule has 5 nitrogen and oxygen atoms in total. The fraction of sp³-hybridized carbons (Fsp3) is 0.294. The zero-order chi connectivity index (χ0) is 16.9. The number of hydrogen-bond donors (Lipinski definition) is 2. The van der Waals surface area contributed by atoms with Crippen LogP contribution in [-0.4, -0.2) is 30.1 Å². The van der Waals surface area contributed by atoms with Crippen LogP contribution >= 0.6 is 0 Å². The highest BCUT2D eigenvalue weighted by atomic mass is 19.1. The quantitative estimate of drug-likeness (QED) is 0.883. The standard InChI is InChI=1S/C17H17F2N3O2/c18-12-3-4-16(15(19)7-12)22-13-6-11(8-20-9-13)17(23)21-10-14-2-1-5-24-14/h3-4,6-9,14,22H,1-2,5,10H2,(H,21,23). The van der Waals surface area contributed by atoms with Crippen molar-refractivity contribution in [3.63, 3.8) is 0 Å². The Labute approximate surface area is 138 Å². The lowest BCUT2D eigenvalue weighted by Gasteiger charge is -2.12. The summed E-state index contributed by atoms with van der Waals surface area (Å²) in [5, 5.41) is 5.58. The van der Waals surface area contributed by atoms with Gasteiger partial charge in [-0.25, -0.2) is 8.78 Å². The molecule has 0 aliphatic carbocycles. The lowest BCUT2D eigenvalue weighted by molar-refractivity contribution is 0.0857. The fourth-order valence-electron chi connectivity index (χ4n) is 2.49. The third-order valence-electron chi connectivity index (χ3n) is 3.72. The van der Waals surface area contributed by atoms with Crippen LogP contribution in [0.25, 0.3) is 0 Å².